The Morgan fingerprint density at radius 2 is 1.53 bits per heavy atom. The number of imide groups is 1. The number of aromatic nitrogens is 5. The van der Waals surface area contributed by atoms with Crippen molar-refractivity contribution in [2.24, 2.45) is 17.1 Å². The largest absolute Gasteiger partial charge is 0.507 e. The number of aromatic hydroxyl groups is 1. The van der Waals surface area contributed by atoms with Gasteiger partial charge in [0.25, 0.3) is 17.7 Å². The number of anilines is 4. The molecule has 1 saturated carbocycles. The van der Waals surface area contributed by atoms with E-state index < -0.39 is 59.4 Å². The normalized spacial score (nSPS) is 19.8. The molecule has 34 heteroatoms. The molecule has 9 heterocycles. The zero-order valence-corrected chi connectivity index (χ0v) is 67.1. The van der Waals surface area contributed by atoms with Crippen molar-refractivity contribution in [2.75, 3.05) is 99.2 Å². The number of phenols is 1. The number of nitrogens with one attached hydrogen (secondary N) is 6. The fourth-order valence-corrected chi connectivity index (χ4v) is 17.0. The predicted molar refractivity (Wildman–Crippen MR) is 434 cm³/mol. The molecule has 2 unspecified atom stereocenters. The number of nitrogens with zero attached hydrogens (tertiary/aromatic N) is 11. The molecule has 620 valence electrons. The summed E-state index contributed by atoms with van der Waals surface area (Å²) in [5.41, 5.74) is 12.0. The number of unbranched alkanes of at least 4 members (excludes halogenated alkanes) is 2. The smallest absolute Gasteiger partial charge is 0.413 e. The third-order valence-corrected chi connectivity index (χ3v) is 23.8. The second-order valence-corrected chi connectivity index (χ2v) is 32.0. The number of rotatable bonds is 35. The van der Waals surface area contributed by atoms with Crippen molar-refractivity contribution >= 4 is 87.7 Å². The number of aliphatic hydroxyl groups is 1. The third kappa shape index (κ3) is 20.3. The van der Waals surface area contributed by atoms with Gasteiger partial charge in [-0.3, -0.25) is 53.6 Å². The van der Waals surface area contributed by atoms with Gasteiger partial charge in [0.1, 0.15) is 49.1 Å². The van der Waals surface area contributed by atoms with Gasteiger partial charge in [-0.05, 0) is 143 Å². The lowest BCUT2D eigenvalue weighted by atomic mass is 9.67. The molecule has 4 aromatic heterocycles. The van der Waals surface area contributed by atoms with Gasteiger partial charge < -0.3 is 76.0 Å². The lowest BCUT2D eigenvalue weighted by molar-refractivity contribution is -0.151. The summed E-state index contributed by atoms with van der Waals surface area (Å²) in [7, 11) is 0. The highest BCUT2D eigenvalue weighted by molar-refractivity contribution is 7.13. The first kappa shape index (κ1) is 83.3. The number of nitrogens with two attached hydrogens (primary N) is 1. The van der Waals surface area contributed by atoms with Crippen LogP contribution in [-0.2, 0) is 44.9 Å². The number of hydrogen-bond donors (Lipinski definition) is 9. The van der Waals surface area contributed by atoms with E-state index in [9.17, 15) is 53.4 Å². The van der Waals surface area contributed by atoms with E-state index >= 15 is 0 Å². The molecular weight excluding hydrogens is 1520 g/mol. The Labute approximate surface area is 681 Å². The molecule has 10 N–H and O–H groups in total. The van der Waals surface area contributed by atoms with Crippen LogP contribution in [0.1, 0.15) is 133 Å². The number of benzene rings is 3. The van der Waals surface area contributed by atoms with Crippen LogP contribution in [0.15, 0.2) is 125 Å². The average molecular weight is 1620 g/mol. The van der Waals surface area contributed by atoms with Crippen molar-refractivity contribution in [1.82, 2.24) is 66.2 Å². The molecule has 6 aliphatic rings. The minimum absolute atomic E-state index is 0.0116. The van der Waals surface area contributed by atoms with Gasteiger partial charge in [-0.25, -0.2) is 19.6 Å². The molecule has 1 aliphatic carbocycles. The van der Waals surface area contributed by atoms with Crippen LogP contribution in [0, 0.1) is 18.3 Å². The molecule has 117 heavy (non-hydrogen) atoms. The molecule has 13 rings (SSSR count). The van der Waals surface area contributed by atoms with Crippen LogP contribution in [0.2, 0.25) is 0 Å². The maximum Gasteiger partial charge on any atom is 0.413 e. The number of carbonyl (C=O) groups excluding carboxylic acids is 9. The molecule has 7 aromatic rings. The average Bonchev–Trinajstić information content (AvgIpc) is 1.75. The molecule has 0 spiro atoms. The van der Waals surface area contributed by atoms with E-state index in [2.05, 4.69) is 83.7 Å². The molecule has 8 atom stereocenters. The lowest BCUT2D eigenvalue weighted by Gasteiger charge is -2.43. The summed E-state index contributed by atoms with van der Waals surface area (Å²) >= 11 is 1.57. The van der Waals surface area contributed by atoms with Crippen molar-refractivity contribution in [3.8, 4) is 39.2 Å². The van der Waals surface area contributed by atoms with Gasteiger partial charge in [0.15, 0.2) is 11.6 Å². The standard InChI is InChI=1S/C83H102N18O15S/c1-50(2)73(78(108)100-46-61(102)40-66(100)77(107)89-52(4)55-18-20-56(21-19-55)74-53(5)88-48-117-74)68-42-70(95-116-68)115-49-96-35-36-97(51(3)43-96)37-38-113-69-39-58(28-33-85-69)101-59-24-25-60(101)45-98(44-59)65-41-64(62-13-7-8-15-67(62)103)93-94-75(65)92-82(112)114-47-54-16-22-57(23-17-54)90-76(106)63(14-11-32-87-81(84)111)91-80(110)83(29-12-30-83)79(109)86-31-9-6-10-34-99-71(104)26-27-72(99)105/h7-8,13,15-23,26-28,33,39,41-42,48,50-52,59-61,63,66,73,102-103H,6,9-12,14,24-25,29-32,34-38,40,43-47,49H2,1-5H3,(H,86,109)(H,89,107)(H,90,106)(H,91,110)(H3,84,87,111)(H,92,94,112)/t51-,52+,59?,60?,61-,63+,66+,73-/m1/s1. The Morgan fingerprint density at radius 1 is 0.778 bits per heavy atom. The second-order valence-electron chi connectivity index (χ2n) is 31.2. The number of fused-ring (bicyclic) bond motifs is 2. The summed E-state index contributed by atoms with van der Waals surface area (Å²) < 4.78 is 24.1. The first-order chi connectivity index (χ1) is 56.4. The number of piperazine rings is 2. The van der Waals surface area contributed by atoms with E-state index in [0.717, 1.165) is 51.7 Å². The number of pyridine rings is 1. The minimum atomic E-state index is -1.38. The van der Waals surface area contributed by atoms with Gasteiger partial charge >= 0.3 is 12.1 Å². The van der Waals surface area contributed by atoms with Gasteiger partial charge in [-0.15, -0.1) is 21.5 Å². The summed E-state index contributed by atoms with van der Waals surface area (Å²) in [6.07, 6.45) is 7.74. The Morgan fingerprint density at radius 3 is 2.23 bits per heavy atom. The number of urea groups is 1. The maximum atomic E-state index is 14.4. The first-order valence-electron chi connectivity index (χ1n) is 40.1. The molecule has 4 saturated heterocycles. The fourth-order valence-electron chi connectivity index (χ4n) is 16.2. The number of β-amino-alcohol motifs (C(OH)–C–C–N with tert-alkyl or cyclic N) is 1. The Bertz CT molecular complexity index is 4720. The lowest BCUT2D eigenvalue weighted by Crippen LogP contribution is -2.58. The summed E-state index contributed by atoms with van der Waals surface area (Å²) in [4.78, 5) is 141. The number of thiazole rings is 1. The quantitative estimate of drug-likeness (QED) is 0.0105. The van der Waals surface area contributed by atoms with Crippen LogP contribution in [-0.4, -0.2) is 224 Å². The minimum Gasteiger partial charge on any atom is -0.507 e. The zero-order valence-electron chi connectivity index (χ0n) is 66.3. The van der Waals surface area contributed by atoms with E-state index in [-0.39, 0.29) is 143 Å². The van der Waals surface area contributed by atoms with Gasteiger partial charge in [0.2, 0.25) is 35.4 Å². The van der Waals surface area contributed by atoms with E-state index in [4.69, 9.17) is 24.5 Å². The topological polar surface area (TPSA) is 417 Å². The maximum absolute atomic E-state index is 14.4. The number of hydrogen-bond acceptors (Lipinski definition) is 25. The Hall–Kier alpha value is -11.6. The van der Waals surface area contributed by atoms with Crippen LogP contribution in [0.5, 0.6) is 17.5 Å². The summed E-state index contributed by atoms with van der Waals surface area (Å²) in [6.45, 7) is 14.9. The molecule has 5 aliphatic heterocycles. The Balaban J connectivity index is 0.564. The van der Waals surface area contributed by atoms with E-state index in [1.807, 2.05) is 69.6 Å². The SMILES string of the molecule is Cc1ncsc1-c1ccc([C@H](C)NC(=O)[C@@H]2C[C@@H](O)CN2C(=O)[C@@H](c2cc(OCN3CCN(CCOc4cc(N5C6CCC5CN(c5cc(-c7ccccc7O)nnc5NC(=O)OCc5ccc(NC(=O)[C@H](CCCNC(N)=O)NC(=O)C7(C(=O)NCCCCCN8C(=O)C=CC8=O)CCC7)cc5)C6)ccn4)[C@H](C)C3)no2)C(C)C)cc1. The number of amides is 10. The molecule has 3 aromatic carbocycles. The zero-order chi connectivity index (χ0) is 82.4. The number of para-hydroxylation sites is 1. The molecule has 5 fully saturated rings. The highest BCUT2D eigenvalue weighted by atomic mass is 32.1. The molecule has 2 bridgehead atoms. The van der Waals surface area contributed by atoms with E-state index in [1.165, 1.54) is 17.1 Å². The summed E-state index contributed by atoms with van der Waals surface area (Å²) in [6, 6.07) is 26.0. The molecule has 10 amide bonds. The van der Waals surface area contributed by atoms with Crippen molar-refractivity contribution in [2.45, 2.75) is 160 Å². The van der Waals surface area contributed by atoms with E-state index in [1.54, 1.807) is 78.2 Å². The van der Waals surface area contributed by atoms with Crippen LogP contribution in [0.25, 0.3) is 21.7 Å². The number of aliphatic hydroxyl groups excluding tert-OH is 1. The molecule has 0 radical (unpaired) electrons. The monoisotopic (exact) mass is 1620 g/mol. The second kappa shape index (κ2) is 38.0. The first-order valence-corrected chi connectivity index (χ1v) is 41.0. The number of carbonyl (C=O) groups is 9. The fraction of sp³-hybridized carbons (Fsp3) is 0.470. The summed E-state index contributed by atoms with van der Waals surface area (Å²) in [5, 5.41) is 51.8. The molecular formula is C83H102N18O15S. The van der Waals surface area contributed by atoms with E-state index in [0.29, 0.717) is 105 Å². The van der Waals surface area contributed by atoms with Crippen molar-refractivity contribution < 1.29 is 72.1 Å². The van der Waals surface area contributed by atoms with Crippen LogP contribution in [0.4, 0.5) is 32.5 Å². The van der Waals surface area contributed by atoms with Gasteiger partial charge in [-0.2, -0.15) is 0 Å². The highest BCUT2D eigenvalue weighted by Gasteiger charge is 2.52. The van der Waals surface area contributed by atoms with Crippen LogP contribution in [0.3, 0.4) is 0 Å². The number of likely N-dealkylation sites (tertiary alicyclic amines) is 1. The number of phenolic OH excluding ortho intramolecular Hbond substituents is 1. The van der Waals surface area contributed by atoms with Crippen molar-refractivity contribution in [1.29, 1.82) is 0 Å². The third-order valence-electron chi connectivity index (χ3n) is 22.8. The van der Waals surface area contributed by atoms with Gasteiger partial charge in [-0.1, -0.05) is 68.8 Å². The van der Waals surface area contributed by atoms with Gasteiger partial charge in [0, 0.05) is 137 Å². The Kier molecular flexibility index (Phi) is 27.1. The molecule has 33 nitrogen and oxygen atoms in total. The predicted octanol–water partition coefficient (Wildman–Crippen LogP) is 7.52. The number of primary amides is 1. The summed E-state index contributed by atoms with van der Waals surface area (Å²) in [5.74, 6) is -2.79. The van der Waals surface area contributed by atoms with Crippen molar-refractivity contribution in [3.05, 3.63) is 144 Å². The highest BCUT2D eigenvalue weighted by Crippen LogP contribution is 2.43. The van der Waals surface area contributed by atoms with Crippen LogP contribution < -0.4 is 56.9 Å². The number of ether oxygens (including phenoxy) is 3. The van der Waals surface area contributed by atoms with Crippen molar-refractivity contribution in [3.63, 3.8) is 0 Å². The number of aryl methyl sites for hydroxylation is 1. The van der Waals surface area contributed by atoms with Gasteiger partial charge in [0.05, 0.1) is 39.6 Å². The van der Waals surface area contributed by atoms with Crippen LogP contribution >= 0.6 is 11.3 Å².